The van der Waals surface area contributed by atoms with E-state index in [4.69, 9.17) is 0 Å². The van der Waals surface area contributed by atoms with Crippen LogP contribution in [-0.4, -0.2) is 64.0 Å². The first-order valence-corrected chi connectivity index (χ1v) is 7.09. The minimum atomic E-state index is -0.321. The summed E-state index contributed by atoms with van der Waals surface area (Å²) in [7, 11) is 3.34. The van der Waals surface area contributed by atoms with Gasteiger partial charge in [0.05, 0.1) is 0 Å². The van der Waals surface area contributed by atoms with Crippen molar-refractivity contribution < 1.29 is 9.59 Å². The standard InChI is InChI=1S/C14H25N5O2/c1-7-8-19(9-10(20)18(5)6)12(21)11-15-13(17-16-11)14(2,3)4/h7-9H2,1-6H3,(H,15,16,17). The summed E-state index contributed by atoms with van der Waals surface area (Å²) in [6.45, 7) is 8.46. The van der Waals surface area contributed by atoms with Crippen LogP contribution in [0.3, 0.4) is 0 Å². The average molecular weight is 295 g/mol. The van der Waals surface area contributed by atoms with Gasteiger partial charge in [-0.3, -0.25) is 14.7 Å². The zero-order valence-corrected chi connectivity index (χ0v) is 13.7. The molecule has 0 aromatic carbocycles. The van der Waals surface area contributed by atoms with Gasteiger partial charge in [-0.1, -0.05) is 27.7 Å². The minimum absolute atomic E-state index is 0.0407. The van der Waals surface area contributed by atoms with E-state index in [0.717, 1.165) is 6.42 Å². The van der Waals surface area contributed by atoms with Crippen LogP contribution >= 0.6 is 0 Å². The summed E-state index contributed by atoms with van der Waals surface area (Å²) in [5, 5.41) is 6.78. The Bertz CT molecular complexity index is 502. The van der Waals surface area contributed by atoms with Crippen LogP contribution in [0, 0.1) is 0 Å². The molecule has 1 aromatic heterocycles. The highest BCUT2D eigenvalue weighted by Gasteiger charge is 2.25. The second-order valence-corrected chi connectivity index (χ2v) is 6.27. The van der Waals surface area contributed by atoms with E-state index in [1.165, 1.54) is 9.80 Å². The van der Waals surface area contributed by atoms with E-state index in [9.17, 15) is 9.59 Å². The van der Waals surface area contributed by atoms with Crippen LogP contribution in [-0.2, 0) is 10.2 Å². The lowest BCUT2D eigenvalue weighted by molar-refractivity contribution is -0.129. The average Bonchev–Trinajstić information content (AvgIpc) is 2.86. The first-order chi connectivity index (χ1) is 9.66. The third kappa shape index (κ3) is 4.54. The summed E-state index contributed by atoms with van der Waals surface area (Å²) in [6.07, 6.45) is 0.767. The summed E-state index contributed by atoms with van der Waals surface area (Å²) in [6, 6.07) is 0. The van der Waals surface area contributed by atoms with Gasteiger partial charge in [0.15, 0.2) is 0 Å². The number of hydrogen-bond donors (Lipinski definition) is 1. The van der Waals surface area contributed by atoms with Gasteiger partial charge in [-0.15, -0.1) is 5.10 Å². The Balaban J connectivity index is 2.90. The molecular weight excluding hydrogens is 270 g/mol. The topological polar surface area (TPSA) is 82.2 Å². The Hall–Kier alpha value is -1.92. The Morgan fingerprint density at radius 1 is 1.24 bits per heavy atom. The molecule has 0 saturated heterocycles. The Morgan fingerprint density at radius 2 is 1.86 bits per heavy atom. The first-order valence-electron chi connectivity index (χ1n) is 7.09. The molecule has 0 aliphatic rings. The fourth-order valence-electron chi connectivity index (χ4n) is 1.66. The maximum atomic E-state index is 12.4. The van der Waals surface area contributed by atoms with E-state index in [1.54, 1.807) is 14.1 Å². The predicted octanol–water partition coefficient (Wildman–Crippen LogP) is 1.04. The lowest BCUT2D eigenvalue weighted by Crippen LogP contribution is -2.41. The van der Waals surface area contributed by atoms with E-state index in [0.29, 0.717) is 12.4 Å². The van der Waals surface area contributed by atoms with E-state index < -0.39 is 0 Å². The van der Waals surface area contributed by atoms with Crippen molar-refractivity contribution in [2.75, 3.05) is 27.2 Å². The summed E-state index contributed by atoms with van der Waals surface area (Å²) in [5.74, 6) is 0.323. The monoisotopic (exact) mass is 295 g/mol. The van der Waals surface area contributed by atoms with Gasteiger partial charge in [0.25, 0.3) is 5.91 Å². The molecular formula is C14H25N5O2. The number of aromatic amines is 1. The minimum Gasteiger partial charge on any atom is -0.347 e. The quantitative estimate of drug-likeness (QED) is 0.880. The molecule has 0 spiro atoms. The molecule has 118 valence electrons. The van der Waals surface area contributed by atoms with Gasteiger partial charge in [-0.25, -0.2) is 4.98 Å². The van der Waals surface area contributed by atoms with Crippen LogP contribution in [0.25, 0.3) is 0 Å². The Kier molecular flexibility index (Phi) is 5.46. The molecule has 0 bridgehead atoms. The SMILES string of the molecule is CCCN(CC(=O)N(C)C)C(=O)c1n[nH]c(C(C)(C)C)n1. The predicted molar refractivity (Wildman–Crippen MR) is 80.0 cm³/mol. The van der Waals surface area contributed by atoms with Crippen molar-refractivity contribution in [3.05, 3.63) is 11.6 Å². The first kappa shape index (κ1) is 17.1. The fourth-order valence-corrected chi connectivity index (χ4v) is 1.66. The Labute approximate surface area is 125 Å². The van der Waals surface area contributed by atoms with Crippen molar-refractivity contribution in [3.63, 3.8) is 0 Å². The van der Waals surface area contributed by atoms with Gasteiger partial charge in [0.2, 0.25) is 11.7 Å². The zero-order chi connectivity index (χ0) is 16.2. The molecule has 0 saturated carbocycles. The Morgan fingerprint density at radius 3 is 2.29 bits per heavy atom. The van der Waals surface area contributed by atoms with Crippen molar-refractivity contribution >= 4 is 11.8 Å². The van der Waals surface area contributed by atoms with Gasteiger partial charge in [-0.2, -0.15) is 0 Å². The highest BCUT2D eigenvalue weighted by Crippen LogP contribution is 2.17. The summed E-state index contributed by atoms with van der Waals surface area (Å²) in [4.78, 5) is 31.5. The molecule has 1 N–H and O–H groups in total. The zero-order valence-electron chi connectivity index (χ0n) is 13.7. The van der Waals surface area contributed by atoms with Crippen molar-refractivity contribution in [2.24, 2.45) is 0 Å². The molecule has 0 aliphatic carbocycles. The maximum Gasteiger partial charge on any atom is 0.293 e. The molecule has 1 heterocycles. The van der Waals surface area contributed by atoms with Crippen molar-refractivity contribution in [3.8, 4) is 0 Å². The van der Waals surface area contributed by atoms with Crippen LogP contribution in [0.5, 0.6) is 0 Å². The van der Waals surface area contributed by atoms with Crippen molar-refractivity contribution in [2.45, 2.75) is 39.5 Å². The number of rotatable bonds is 5. The molecule has 0 aliphatic heterocycles. The second-order valence-electron chi connectivity index (χ2n) is 6.27. The molecule has 0 atom stereocenters. The molecule has 2 amide bonds. The number of carbonyl (C=O) groups excluding carboxylic acids is 2. The number of likely N-dealkylation sites (N-methyl/N-ethyl adjacent to an activating group) is 1. The molecule has 7 nitrogen and oxygen atoms in total. The van der Waals surface area contributed by atoms with E-state index >= 15 is 0 Å². The van der Waals surface area contributed by atoms with Gasteiger partial charge >= 0.3 is 0 Å². The number of H-pyrrole nitrogens is 1. The number of carbonyl (C=O) groups is 2. The summed E-state index contributed by atoms with van der Waals surface area (Å²) >= 11 is 0. The summed E-state index contributed by atoms with van der Waals surface area (Å²) in [5.41, 5.74) is -0.208. The number of hydrogen-bond acceptors (Lipinski definition) is 4. The van der Waals surface area contributed by atoms with Gasteiger partial charge in [-0.05, 0) is 6.42 Å². The van der Waals surface area contributed by atoms with Crippen LogP contribution in [0.4, 0.5) is 0 Å². The van der Waals surface area contributed by atoms with Crippen LogP contribution in [0.2, 0.25) is 0 Å². The number of amides is 2. The largest absolute Gasteiger partial charge is 0.347 e. The van der Waals surface area contributed by atoms with E-state index in [2.05, 4.69) is 15.2 Å². The third-order valence-electron chi connectivity index (χ3n) is 2.99. The van der Waals surface area contributed by atoms with Crippen LogP contribution < -0.4 is 0 Å². The van der Waals surface area contributed by atoms with Crippen molar-refractivity contribution in [1.82, 2.24) is 25.0 Å². The van der Waals surface area contributed by atoms with Gasteiger partial charge < -0.3 is 9.80 Å². The fraction of sp³-hybridized carbons (Fsp3) is 0.714. The van der Waals surface area contributed by atoms with Crippen molar-refractivity contribution in [1.29, 1.82) is 0 Å². The molecule has 7 heteroatoms. The summed E-state index contributed by atoms with van der Waals surface area (Å²) < 4.78 is 0. The molecule has 0 fully saturated rings. The molecule has 0 radical (unpaired) electrons. The number of aromatic nitrogens is 3. The highest BCUT2D eigenvalue weighted by atomic mass is 16.2. The smallest absolute Gasteiger partial charge is 0.293 e. The molecule has 1 rings (SSSR count). The van der Waals surface area contributed by atoms with E-state index in [-0.39, 0.29) is 29.6 Å². The van der Waals surface area contributed by atoms with E-state index in [1.807, 2.05) is 27.7 Å². The third-order valence-corrected chi connectivity index (χ3v) is 2.99. The molecule has 0 unspecified atom stereocenters. The van der Waals surface area contributed by atoms with Crippen LogP contribution in [0.1, 0.15) is 50.6 Å². The second kappa shape index (κ2) is 6.69. The van der Waals surface area contributed by atoms with Crippen LogP contribution in [0.15, 0.2) is 0 Å². The molecule has 21 heavy (non-hydrogen) atoms. The molecule has 1 aromatic rings. The normalized spacial score (nSPS) is 11.3. The maximum absolute atomic E-state index is 12.4. The van der Waals surface area contributed by atoms with Gasteiger partial charge in [0, 0.05) is 26.1 Å². The number of nitrogens with one attached hydrogen (secondary N) is 1. The lowest BCUT2D eigenvalue weighted by Gasteiger charge is -2.22. The lowest BCUT2D eigenvalue weighted by atomic mass is 9.96. The number of nitrogens with zero attached hydrogens (tertiary/aromatic N) is 4. The van der Waals surface area contributed by atoms with Gasteiger partial charge in [0.1, 0.15) is 12.4 Å². The highest BCUT2D eigenvalue weighted by molar-refractivity contribution is 5.93.